The van der Waals surface area contributed by atoms with E-state index in [0.29, 0.717) is 16.1 Å². The maximum absolute atomic E-state index is 13.4. The Balaban J connectivity index is 2.49. The van der Waals surface area contributed by atoms with Gasteiger partial charge in [-0.1, -0.05) is 12.1 Å². The molecule has 1 heterocycles. The molecule has 0 radical (unpaired) electrons. The molecule has 0 saturated heterocycles. The van der Waals surface area contributed by atoms with Crippen molar-refractivity contribution in [3.05, 3.63) is 41.0 Å². The number of methoxy groups -OCH3 is 1. The van der Waals surface area contributed by atoms with Crippen LogP contribution < -0.4 is 5.32 Å². The molecule has 1 aromatic carbocycles. The van der Waals surface area contributed by atoms with Gasteiger partial charge in [-0.05, 0) is 24.6 Å². The summed E-state index contributed by atoms with van der Waals surface area (Å²) >= 11 is 6.87. The molecular weight excluding hydrogens is 329 g/mol. The van der Waals surface area contributed by atoms with Gasteiger partial charge in [-0.3, -0.25) is 4.79 Å². The summed E-state index contributed by atoms with van der Waals surface area (Å²) in [6, 6.07) is 5.84. The van der Waals surface area contributed by atoms with Crippen molar-refractivity contribution in [1.82, 2.24) is 0 Å². The van der Waals surface area contributed by atoms with E-state index in [0.717, 1.165) is 11.3 Å². The van der Waals surface area contributed by atoms with E-state index in [1.807, 2.05) is 0 Å². The predicted octanol–water partition coefficient (Wildman–Crippen LogP) is 3.91. The van der Waals surface area contributed by atoms with E-state index in [4.69, 9.17) is 16.3 Å². The van der Waals surface area contributed by atoms with Crippen molar-refractivity contribution in [1.29, 1.82) is 0 Å². The van der Waals surface area contributed by atoms with Gasteiger partial charge in [-0.2, -0.15) is 0 Å². The molecule has 116 valence electrons. The van der Waals surface area contributed by atoms with Crippen molar-refractivity contribution in [3.8, 4) is 11.1 Å². The van der Waals surface area contributed by atoms with Crippen LogP contribution in [0.3, 0.4) is 0 Å². The van der Waals surface area contributed by atoms with E-state index in [9.17, 15) is 14.0 Å². The van der Waals surface area contributed by atoms with Gasteiger partial charge in [0.1, 0.15) is 21.8 Å². The number of esters is 1. The highest BCUT2D eigenvalue weighted by molar-refractivity contribution is 7.15. The maximum Gasteiger partial charge on any atom is 0.341 e. The molecule has 2 aromatic rings. The number of halogens is 2. The van der Waals surface area contributed by atoms with Crippen LogP contribution in [0.2, 0.25) is 0 Å². The summed E-state index contributed by atoms with van der Waals surface area (Å²) in [6.45, 7) is 1.52. The molecule has 1 atom stereocenters. The van der Waals surface area contributed by atoms with E-state index in [-0.39, 0.29) is 5.56 Å². The normalized spacial score (nSPS) is 11.8. The number of alkyl halides is 1. The van der Waals surface area contributed by atoms with E-state index in [1.54, 1.807) is 17.5 Å². The number of benzene rings is 1. The fourth-order valence-corrected chi connectivity index (χ4v) is 2.85. The SMILES string of the molecule is COC(=O)c1c(-c2cccc(F)c2)csc1NC(=O)C(C)Cl. The third kappa shape index (κ3) is 3.45. The van der Waals surface area contributed by atoms with Gasteiger partial charge < -0.3 is 10.1 Å². The first-order valence-corrected chi connectivity index (χ1v) is 7.66. The van der Waals surface area contributed by atoms with Crippen molar-refractivity contribution in [2.45, 2.75) is 12.3 Å². The molecule has 0 aliphatic rings. The lowest BCUT2D eigenvalue weighted by molar-refractivity contribution is -0.115. The van der Waals surface area contributed by atoms with Crippen LogP contribution in [0.5, 0.6) is 0 Å². The van der Waals surface area contributed by atoms with Gasteiger partial charge >= 0.3 is 5.97 Å². The van der Waals surface area contributed by atoms with Crippen molar-refractivity contribution in [2.75, 3.05) is 12.4 Å². The third-order valence-corrected chi connectivity index (χ3v) is 4.01. The zero-order valence-corrected chi connectivity index (χ0v) is 13.4. The smallest absolute Gasteiger partial charge is 0.341 e. The molecule has 7 heteroatoms. The molecule has 0 spiro atoms. The average Bonchev–Trinajstić information content (AvgIpc) is 2.90. The van der Waals surface area contributed by atoms with Crippen molar-refractivity contribution in [3.63, 3.8) is 0 Å². The summed E-state index contributed by atoms with van der Waals surface area (Å²) in [6.07, 6.45) is 0. The quantitative estimate of drug-likeness (QED) is 0.677. The monoisotopic (exact) mass is 341 g/mol. The van der Waals surface area contributed by atoms with Gasteiger partial charge in [0.05, 0.1) is 7.11 Å². The highest BCUT2D eigenvalue weighted by Crippen LogP contribution is 2.36. The Labute approximate surface area is 135 Å². The molecule has 0 aliphatic carbocycles. The second-order valence-corrected chi connectivity index (χ2v) is 5.99. The molecule has 1 unspecified atom stereocenters. The van der Waals surface area contributed by atoms with E-state index >= 15 is 0 Å². The lowest BCUT2D eigenvalue weighted by atomic mass is 10.0. The summed E-state index contributed by atoms with van der Waals surface area (Å²) in [5.74, 6) is -1.46. The maximum atomic E-state index is 13.4. The number of rotatable bonds is 4. The molecule has 1 aromatic heterocycles. The first kappa shape index (κ1) is 16.5. The van der Waals surface area contributed by atoms with Crippen LogP contribution in [0.25, 0.3) is 11.1 Å². The highest BCUT2D eigenvalue weighted by atomic mass is 35.5. The van der Waals surface area contributed by atoms with Crippen molar-refractivity contribution in [2.24, 2.45) is 0 Å². The molecule has 22 heavy (non-hydrogen) atoms. The fraction of sp³-hybridized carbons (Fsp3) is 0.200. The molecule has 4 nitrogen and oxygen atoms in total. The van der Waals surface area contributed by atoms with Crippen LogP contribution in [-0.4, -0.2) is 24.4 Å². The third-order valence-electron chi connectivity index (χ3n) is 2.91. The zero-order valence-electron chi connectivity index (χ0n) is 11.9. The summed E-state index contributed by atoms with van der Waals surface area (Å²) in [5, 5.41) is 3.82. The Morgan fingerprint density at radius 3 is 2.73 bits per heavy atom. The second kappa shape index (κ2) is 6.89. The van der Waals surface area contributed by atoms with Gasteiger partial charge in [0.25, 0.3) is 0 Å². The highest BCUT2D eigenvalue weighted by Gasteiger charge is 2.23. The van der Waals surface area contributed by atoms with Gasteiger partial charge in [0.2, 0.25) is 5.91 Å². The standard InChI is InChI=1S/C15H13ClFNO3S/c1-8(16)13(19)18-14-12(15(20)21-2)11(7-22-14)9-4-3-5-10(17)6-9/h3-8H,1-2H3,(H,18,19). The first-order valence-electron chi connectivity index (χ1n) is 6.34. The number of nitrogens with one attached hydrogen (secondary N) is 1. The molecule has 2 rings (SSSR count). The minimum absolute atomic E-state index is 0.184. The van der Waals surface area contributed by atoms with Crippen LogP contribution in [0.4, 0.5) is 9.39 Å². The molecule has 1 N–H and O–H groups in total. The average molecular weight is 342 g/mol. The molecule has 0 saturated carbocycles. The van der Waals surface area contributed by atoms with Crippen molar-refractivity contribution < 1.29 is 18.7 Å². The van der Waals surface area contributed by atoms with Crippen LogP contribution >= 0.6 is 22.9 Å². The number of carbonyl (C=O) groups excluding carboxylic acids is 2. The Kier molecular flexibility index (Phi) is 5.15. The van der Waals surface area contributed by atoms with Gasteiger partial charge in [-0.25, -0.2) is 9.18 Å². The first-order chi connectivity index (χ1) is 10.4. The molecule has 0 aliphatic heterocycles. The van der Waals surface area contributed by atoms with Crippen LogP contribution in [0.15, 0.2) is 29.6 Å². The molecule has 0 fully saturated rings. The Morgan fingerprint density at radius 1 is 1.41 bits per heavy atom. The van der Waals surface area contributed by atoms with Crippen LogP contribution in [0, 0.1) is 5.82 Å². The number of hydrogen-bond donors (Lipinski definition) is 1. The summed E-state index contributed by atoms with van der Waals surface area (Å²) < 4.78 is 18.1. The lowest BCUT2D eigenvalue weighted by Crippen LogP contribution is -2.21. The minimum atomic E-state index is -0.745. The Bertz CT molecular complexity index is 715. The summed E-state index contributed by atoms with van der Waals surface area (Å²) in [5.41, 5.74) is 1.20. The fourth-order valence-electron chi connectivity index (χ4n) is 1.83. The predicted molar refractivity (Wildman–Crippen MR) is 85.0 cm³/mol. The number of anilines is 1. The topological polar surface area (TPSA) is 55.4 Å². The van der Waals surface area contributed by atoms with E-state index < -0.39 is 23.1 Å². The number of carbonyl (C=O) groups is 2. The number of thiophene rings is 1. The zero-order chi connectivity index (χ0) is 16.3. The number of hydrogen-bond acceptors (Lipinski definition) is 4. The summed E-state index contributed by atoms with van der Waals surface area (Å²) in [4.78, 5) is 23.8. The lowest BCUT2D eigenvalue weighted by Gasteiger charge is -2.08. The van der Waals surface area contributed by atoms with E-state index in [1.165, 1.54) is 26.2 Å². The Hall–Kier alpha value is -1.92. The van der Waals surface area contributed by atoms with Crippen LogP contribution in [-0.2, 0) is 9.53 Å². The van der Waals surface area contributed by atoms with Crippen LogP contribution in [0.1, 0.15) is 17.3 Å². The largest absolute Gasteiger partial charge is 0.465 e. The second-order valence-electron chi connectivity index (χ2n) is 4.46. The molecular formula is C15H13ClFNO3S. The molecule has 1 amide bonds. The van der Waals surface area contributed by atoms with Gasteiger partial charge in [-0.15, -0.1) is 22.9 Å². The summed E-state index contributed by atoms with van der Waals surface area (Å²) in [7, 11) is 1.24. The Morgan fingerprint density at radius 2 is 2.14 bits per heavy atom. The van der Waals surface area contributed by atoms with Gasteiger partial charge in [0.15, 0.2) is 0 Å². The number of amides is 1. The number of ether oxygens (including phenoxy) is 1. The van der Waals surface area contributed by atoms with E-state index in [2.05, 4.69) is 5.32 Å². The molecule has 0 bridgehead atoms. The minimum Gasteiger partial charge on any atom is -0.465 e. The van der Waals surface area contributed by atoms with Crippen molar-refractivity contribution >= 4 is 39.8 Å². The van der Waals surface area contributed by atoms with Gasteiger partial charge in [0, 0.05) is 10.9 Å².